The van der Waals surface area contributed by atoms with Crippen LogP contribution in [-0.2, 0) is 21.2 Å². The van der Waals surface area contributed by atoms with Gasteiger partial charge in [-0.05, 0) is 19.3 Å². The van der Waals surface area contributed by atoms with Crippen molar-refractivity contribution in [2.75, 3.05) is 17.3 Å². The van der Waals surface area contributed by atoms with E-state index in [1.807, 2.05) is 4.57 Å². The number of allylic oxidation sites excluding steroid dienone is 1. The Hall–Kier alpha value is -1.86. The van der Waals surface area contributed by atoms with Gasteiger partial charge in [0.05, 0.1) is 23.3 Å². The van der Waals surface area contributed by atoms with Crippen LogP contribution in [0.25, 0.3) is 0 Å². The van der Waals surface area contributed by atoms with E-state index in [2.05, 4.69) is 28.2 Å². The Bertz CT molecular complexity index is 895. The van der Waals surface area contributed by atoms with Crippen molar-refractivity contribution in [1.29, 1.82) is 5.26 Å². The van der Waals surface area contributed by atoms with Crippen molar-refractivity contribution in [1.82, 2.24) is 20.1 Å². The molecule has 1 saturated carbocycles. The largest absolute Gasteiger partial charge is 0.337 e. The van der Waals surface area contributed by atoms with Crippen molar-refractivity contribution in [2.45, 2.75) is 68.1 Å². The molecule has 0 spiro atoms. The quantitative estimate of drug-likeness (QED) is 0.395. The standard InChI is InChI=1S/C19H27N5O3S2/c1-2-10-24-17(15-7-11-29(26,27)13-15)22-23-18(24)28-12-16(25)21-19(14-20)8-5-3-4-6-9-19/h2,15H,1,3-13H2,(H,21,25)/t15-/m0/s1. The first kappa shape index (κ1) is 21.8. The summed E-state index contributed by atoms with van der Waals surface area (Å²) in [5.41, 5.74) is -0.772. The molecule has 1 aromatic heterocycles. The minimum absolute atomic E-state index is 0.0815. The molecule has 1 saturated heterocycles. The average Bonchev–Trinajstić information content (AvgIpc) is 3.16. The lowest BCUT2D eigenvalue weighted by atomic mass is 9.92. The Morgan fingerprint density at radius 2 is 2.07 bits per heavy atom. The number of carbonyl (C=O) groups excluding carboxylic acids is 1. The Morgan fingerprint density at radius 3 is 2.66 bits per heavy atom. The second-order valence-electron chi connectivity index (χ2n) is 7.78. The summed E-state index contributed by atoms with van der Waals surface area (Å²) >= 11 is 1.25. The summed E-state index contributed by atoms with van der Waals surface area (Å²) in [5, 5.41) is 21.5. The number of thioether (sulfide) groups is 1. The number of hydrogen-bond donors (Lipinski definition) is 1. The summed E-state index contributed by atoms with van der Waals surface area (Å²) in [4.78, 5) is 12.5. The molecule has 10 heteroatoms. The van der Waals surface area contributed by atoms with Gasteiger partial charge in [-0.2, -0.15) is 5.26 Å². The minimum Gasteiger partial charge on any atom is -0.337 e. The van der Waals surface area contributed by atoms with Gasteiger partial charge in [0.1, 0.15) is 11.4 Å². The Balaban J connectivity index is 1.66. The van der Waals surface area contributed by atoms with Crippen LogP contribution in [-0.4, -0.2) is 51.9 Å². The molecule has 1 N–H and O–H groups in total. The van der Waals surface area contributed by atoms with Crippen LogP contribution in [0.2, 0.25) is 0 Å². The van der Waals surface area contributed by atoms with Gasteiger partial charge in [0, 0.05) is 12.5 Å². The van der Waals surface area contributed by atoms with Gasteiger partial charge in [0.25, 0.3) is 0 Å². The first-order chi connectivity index (χ1) is 13.9. The minimum atomic E-state index is -3.03. The zero-order valence-corrected chi connectivity index (χ0v) is 18.1. The van der Waals surface area contributed by atoms with Crippen LogP contribution in [0, 0.1) is 11.3 Å². The third-order valence-corrected chi connectivity index (χ3v) is 8.27. The van der Waals surface area contributed by atoms with Gasteiger partial charge in [0.15, 0.2) is 15.0 Å². The highest BCUT2D eigenvalue weighted by Crippen LogP contribution is 2.30. The molecule has 0 radical (unpaired) electrons. The molecule has 3 rings (SSSR count). The lowest BCUT2D eigenvalue weighted by Crippen LogP contribution is -2.47. The number of nitrogens with zero attached hydrogens (tertiary/aromatic N) is 4. The normalized spacial score (nSPS) is 23.1. The molecule has 0 bridgehead atoms. The van der Waals surface area contributed by atoms with E-state index in [9.17, 15) is 18.5 Å². The van der Waals surface area contributed by atoms with E-state index in [1.165, 1.54) is 11.8 Å². The molecular weight excluding hydrogens is 410 g/mol. The van der Waals surface area contributed by atoms with E-state index < -0.39 is 15.4 Å². The predicted molar refractivity (Wildman–Crippen MR) is 111 cm³/mol. The Kier molecular flexibility index (Phi) is 7.01. The Morgan fingerprint density at radius 1 is 1.34 bits per heavy atom. The first-order valence-electron chi connectivity index (χ1n) is 9.97. The topological polar surface area (TPSA) is 118 Å². The first-order valence-corrected chi connectivity index (χ1v) is 12.8. The summed E-state index contributed by atoms with van der Waals surface area (Å²) in [7, 11) is -3.03. The predicted octanol–water partition coefficient (Wildman–Crippen LogP) is 2.19. The molecule has 2 fully saturated rings. The highest BCUT2D eigenvalue weighted by Gasteiger charge is 2.34. The van der Waals surface area contributed by atoms with Crippen molar-refractivity contribution in [3.63, 3.8) is 0 Å². The number of carbonyl (C=O) groups is 1. The maximum Gasteiger partial charge on any atom is 0.231 e. The van der Waals surface area contributed by atoms with Gasteiger partial charge in [-0.3, -0.25) is 4.79 Å². The summed E-state index contributed by atoms with van der Waals surface area (Å²) < 4.78 is 25.5. The van der Waals surface area contributed by atoms with Gasteiger partial charge >= 0.3 is 0 Å². The average molecular weight is 438 g/mol. The zero-order valence-electron chi connectivity index (χ0n) is 16.5. The third-order valence-electron chi connectivity index (χ3n) is 5.54. The number of rotatable bonds is 7. The van der Waals surface area contributed by atoms with Crippen LogP contribution in [0.5, 0.6) is 0 Å². The summed E-state index contributed by atoms with van der Waals surface area (Å²) in [6.45, 7) is 4.20. The highest BCUT2D eigenvalue weighted by molar-refractivity contribution is 7.99. The fraction of sp³-hybridized carbons (Fsp3) is 0.684. The highest BCUT2D eigenvalue weighted by atomic mass is 32.2. The maximum absolute atomic E-state index is 12.5. The van der Waals surface area contributed by atoms with E-state index in [0.29, 0.717) is 36.8 Å². The molecule has 29 heavy (non-hydrogen) atoms. The Labute approximate surface area is 176 Å². The smallest absolute Gasteiger partial charge is 0.231 e. The molecule has 1 atom stereocenters. The molecule has 1 aliphatic carbocycles. The summed E-state index contributed by atoms with van der Waals surface area (Å²) in [6, 6.07) is 2.32. The number of sulfone groups is 1. The summed E-state index contributed by atoms with van der Waals surface area (Å²) in [5.74, 6) is 0.630. The van der Waals surface area contributed by atoms with Crippen LogP contribution in [0.3, 0.4) is 0 Å². The molecule has 0 aromatic carbocycles. The number of aromatic nitrogens is 3. The molecule has 2 aliphatic rings. The SMILES string of the molecule is C=CCn1c(SCC(=O)NC2(C#N)CCCCCC2)nnc1[C@H]1CCS(=O)(=O)C1. The van der Waals surface area contributed by atoms with Crippen LogP contribution >= 0.6 is 11.8 Å². The van der Waals surface area contributed by atoms with Crippen LogP contribution in [0.4, 0.5) is 0 Å². The van der Waals surface area contributed by atoms with Gasteiger partial charge < -0.3 is 9.88 Å². The van der Waals surface area contributed by atoms with Crippen molar-refractivity contribution in [3.05, 3.63) is 18.5 Å². The van der Waals surface area contributed by atoms with Crippen molar-refractivity contribution < 1.29 is 13.2 Å². The van der Waals surface area contributed by atoms with Crippen LogP contribution in [0.1, 0.15) is 56.7 Å². The van der Waals surface area contributed by atoms with E-state index in [1.54, 1.807) is 6.08 Å². The van der Waals surface area contributed by atoms with Gasteiger partial charge in [-0.15, -0.1) is 16.8 Å². The fourth-order valence-corrected chi connectivity index (χ4v) is 6.53. The monoisotopic (exact) mass is 437 g/mol. The molecule has 2 heterocycles. The van der Waals surface area contributed by atoms with Gasteiger partial charge in [-0.25, -0.2) is 8.42 Å². The molecule has 0 unspecified atom stereocenters. The maximum atomic E-state index is 12.5. The number of nitrogens with one attached hydrogen (secondary N) is 1. The van der Waals surface area contributed by atoms with Crippen molar-refractivity contribution in [2.24, 2.45) is 0 Å². The second-order valence-corrected chi connectivity index (χ2v) is 11.0. The van der Waals surface area contributed by atoms with Crippen molar-refractivity contribution in [3.8, 4) is 6.07 Å². The van der Waals surface area contributed by atoms with Crippen LogP contribution < -0.4 is 5.32 Å². The molecule has 158 valence electrons. The molecule has 1 amide bonds. The number of amides is 1. The molecule has 1 aromatic rings. The van der Waals surface area contributed by atoms with E-state index in [4.69, 9.17) is 0 Å². The molecular formula is C19H27N5O3S2. The van der Waals surface area contributed by atoms with E-state index in [0.717, 1.165) is 25.7 Å². The number of hydrogen-bond acceptors (Lipinski definition) is 7. The fourth-order valence-electron chi connectivity index (χ4n) is 4.04. The zero-order chi connectivity index (χ0) is 20.9. The van der Waals surface area contributed by atoms with Gasteiger partial charge in [0.2, 0.25) is 5.91 Å². The van der Waals surface area contributed by atoms with E-state index in [-0.39, 0.29) is 29.1 Å². The molecule has 1 aliphatic heterocycles. The third kappa shape index (κ3) is 5.39. The lowest BCUT2D eigenvalue weighted by Gasteiger charge is -2.26. The molecule has 8 nitrogen and oxygen atoms in total. The number of nitriles is 1. The summed E-state index contributed by atoms with van der Waals surface area (Å²) in [6.07, 6.45) is 7.70. The second kappa shape index (κ2) is 9.30. The van der Waals surface area contributed by atoms with Crippen LogP contribution in [0.15, 0.2) is 17.8 Å². The van der Waals surface area contributed by atoms with Crippen molar-refractivity contribution >= 4 is 27.5 Å². The van der Waals surface area contributed by atoms with E-state index >= 15 is 0 Å². The lowest BCUT2D eigenvalue weighted by molar-refractivity contribution is -0.120. The van der Waals surface area contributed by atoms with Gasteiger partial charge in [-0.1, -0.05) is 43.5 Å².